The SMILES string of the molecule is C[C@H](N)[C@@H]1CCCCN1S(=O)(=O)c1cn(C)c(Cl)n1. The van der Waals surface area contributed by atoms with Crippen LogP contribution < -0.4 is 5.73 Å². The fourth-order valence-corrected chi connectivity index (χ4v) is 4.36. The second-order valence-corrected chi connectivity index (χ2v) is 7.17. The average molecular weight is 307 g/mol. The van der Waals surface area contributed by atoms with Gasteiger partial charge in [0, 0.05) is 31.9 Å². The maximum atomic E-state index is 12.6. The molecule has 2 N–H and O–H groups in total. The number of halogens is 1. The van der Waals surface area contributed by atoms with Crippen LogP contribution in [0.4, 0.5) is 0 Å². The van der Waals surface area contributed by atoms with E-state index in [1.165, 1.54) is 15.1 Å². The van der Waals surface area contributed by atoms with Gasteiger partial charge in [-0.25, -0.2) is 13.4 Å². The van der Waals surface area contributed by atoms with Crippen molar-refractivity contribution in [1.82, 2.24) is 13.9 Å². The molecule has 2 atom stereocenters. The number of nitrogens with zero attached hydrogens (tertiary/aromatic N) is 3. The molecule has 0 radical (unpaired) electrons. The van der Waals surface area contributed by atoms with Crippen LogP contribution in [-0.4, -0.2) is 40.9 Å². The molecule has 0 bridgehead atoms. The van der Waals surface area contributed by atoms with Crippen molar-refractivity contribution in [1.29, 1.82) is 0 Å². The number of aryl methyl sites for hydroxylation is 1. The van der Waals surface area contributed by atoms with Crippen LogP contribution in [0.25, 0.3) is 0 Å². The maximum absolute atomic E-state index is 12.6. The first-order valence-electron chi connectivity index (χ1n) is 6.30. The molecule has 1 aliphatic heterocycles. The van der Waals surface area contributed by atoms with Gasteiger partial charge in [0.1, 0.15) is 0 Å². The van der Waals surface area contributed by atoms with E-state index >= 15 is 0 Å². The van der Waals surface area contributed by atoms with Crippen LogP contribution >= 0.6 is 11.6 Å². The molecule has 1 fully saturated rings. The summed E-state index contributed by atoms with van der Waals surface area (Å²) in [6, 6.07) is -0.367. The summed E-state index contributed by atoms with van der Waals surface area (Å²) in [6.45, 7) is 2.33. The number of imidazole rings is 1. The van der Waals surface area contributed by atoms with Crippen LogP contribution in [0.2, 0.25) is 5.28 Å². The molecule has 0 saturated carbocycles. The van der Waals surface area contributed by atoms with E-state index in [9.17, 15) is 8.42 Å². The van der Waals surface area contributed by atoms with Gasteiger partial charge in [0.25, 0.3) is 10.0 Å². The highest BCUT2D eigenvalue weighted by Crippen LogP contribution is 2.26. The first-order valence-corrected chi connectivity index (χ1v) is 8.12. The molecule has 108 valence electrons. The van der Waals surface area contributed by atoms with Crippen molar-refractivity contribution in [2.45, 2.75) is 43.3 Å². The zero-order valence-electron chi connectivity index (χ0n) is 11.1. The fraction of sp³-hybridized carbons (Fsp3) is 0.727. The number of nitrogens with two attached hydrogens (primary N) is 1. The lowest BCUT2D eigenvalue weighted by Crippen LogP contribution is -2.51. The van der Waals surface area contributed by atoms with E-state index in [1.54, 1.807) is 7.05 Å². The molecule has 1 aromatic rings. The second-order valence-electron chi connectivity index (χ2n) is 5.00. The van der Waals surface area contributed by atoms with Gasteiger partial charge in [-0.2, -0.15) is 4.31 Å². The Morgan fingerprint density at radius 3 is 2.74 bits per heavy atom. The van der Waals surface area contributed by atoms with E-state index in [2.05, 4.69) is 4.98 Å². The summed E-state index contributed by atoms with van der Waals surface area (Å²) >= 11 is 5.82. The molecule has 1 saturated heterocycles. The summed E-state index contributed by atoms with van der Waals surface area (Å²) in [4.78, 5) is 3.91. The molecule has 0 aliphatic carbocycles. The number of piperidine rings is 1. The van der Waals surface area contributed by atoms with Crippen molar-refractivity contribution >= 4 is 21.6 Å². The largest absolute Gasteiger partial charge is 0.326 e. The number of rotatable bonds is 3. The van der Waals surface area contributed by atoms with Gasteiger partial charge in [-0.1, -0.05) is 6.42 Å². The normalized spacial score (nSPS) is 23.5. The molecule has 1 aromatic heterocycles. The number of sulfonamides is 1. The van der Waals surface area contributed by atoms with E-state index in [1.807, 2.05) is 6.92 Å². The molecular formula is C11H19ClN4O2S. The Morgan fingerprint density at radius 1 is 1.53 bits per heavy atom. The third-order valence-corrected chi connectivity index (χ3v) is 5.62. The van der Waals surface area contributed by atoms with Crippen molar-refractivity contribution in [2.75, 3.05) is 6.54 Å². The van der Waals surface area contributed by atoms with Gasteiger partial charge in [0.2, 0.25) is 5.28 Å². The van der Waals surface area contributed by atoms with Gasteiger partial charge in [-0.3, -0.25) is 0 Å². The minimum Gasteiger partial charge on any atom is -0.326 e. The highest BCUT2D eigenvalue weighted by Gasteiger charge is 2.36. The average Bonchev–Trinajstić information content (AvgIpc) is 2.70. The van der Waals surface area contributed by atoms with Crippen molar-refractivity contribution in [3.63, 3.8) is 0 Å². The summed E-state index contributed by atoms with van der Waals surface area (Å²) in [7, 11) is -1.96. The van der Waals surface area contributed by atoms with Crippen LogP contribution in [0.15, 0.2) is 11.2 Å². The third-order valence-electron chi connectivity index (χ3n) is 3.48. The van der Waals surface area contributed by atoms with Gasteiger partial charge in [0.05, 0.1) is 0 Å². The number of hydrogen-bond donors (Lipinski definition) is 1. The predicted octanol–water partition coefficient (Wildman–Crippen LogP) is 0.964. The van der Waals surface area contributed by atoms with E-state index in [0.29, 0.717) is 6.54 Å². The number of hydrogen-bond acceptors (Lipinski definition) is 4. The molecule has 2 rings (SSSR count). The van der Waals surface area contributed by atoms with E-state index in [-0.39, 0.29) is 22.4 Å². The molecule has 2 heterocycles. The van der Waals surface area contributed by atoms with E-state index in [4.69, 9.17) is 17.3 Å². The minimum atomic E-state index is -3.62. The van der Waals surface area contributed by atoms with E-state index in [0.717, 1.165) is 19.3 Å². The van der Waals surface area contributed by atoms with Crippen LogP contribution in [0.3, 0.4) is 0 Å². The first kappa shape index (κ1) is 14.8. The molecule has 19 heavy (non-hydrogen) atoms. The molecule has 6 nitrogen and oxygen atoms in total. The Balaban J connectivity index is 2.37. The lowest BCUT2D eigenvalue weighted by Gasteiger charge is -2.36. The molecule has 0 aromatic carbocycles. The van der Waals surface area contributed by atoms with E-state index < -0.39 is 10.0 Å². The Bertz CT molecular complexity index is 536. The minimum absolute atomic E-state index is 0.00690. The Hall–Kier alpha value is -0.630. The molecule has 1 aliphatic rings. The highest BCUT2D eigenvalue weighted by atomic mass is 35.5. The first-order chi connectivity index (χ1) is 8.84. The quantitative estimate of drug-likeness (QED) is 0.902. The van der Waals surface area contributed by atoms with Gasteiger partial charge in [-0.15, -0.1) is 0 Å². The fourth-order valence-electron chi connectivity index (χ4n) is 2.42. The molecule has 0 amide bonds. The third kappa shape index (κ3) is 2.79. The van der Waals surface area contributed by atoms with Crippen molar-refractivity contribution < 1.29 is 8.42 Å². The van der Waals surface area contributed by atoms with Crippen LogP contribution in [-0.2, 0) is 17.1 Å². The summed E-state index contributed by atoms with van der Waals surface area (Å²) in [6.07, 6.45) is 4.08. The van der Waals surface area contributed by atoms with Crippen molar-refractivity contribution in [2.24, 2.45) is 12.8 Å². The summed E-state index contributed by atoms with van der Waals surface area (Å²) in [5.74, 6) is 0. The highest BCUT2D eigenvalue weighted by molar-refractivity contribution is 7.89. The Kier molecular flexibility index (Phi) is 4.20. The van der Waals surface area contributed by atoms with Gasteiger partial charge < -0.3 is 10.3 Å². The van der Waals surface area contributed by atoms with Crippen LogP contribution in [0, 0.1) is 0 Å². The maximum Gasteiger partial charge on any atom is 0.262 e. The topological polar surface area (TPSA) is 81.2 Å². The Morgan fingerprint density at radius 2 is 2.21 bits per heavy atom. The zero-order valence-corrected chi connectivity index (χ0v) is 12.7. The summed E-state index contributed by atoms with van der Waals surface area (Å²) < 4.78 is 28.2. The molecule has 0 spiro atoms. The van der Waals surface area contributed by atoms with Crippen LogP contribution in [0.1, 0.15) is 26.2 Å². The monoisotopic (exact) mass is 306 g/mol. The lowest BCUT2D eigenvalue weighted by atomic mass is 10.00. The number of aromatic nitrogens is 2. The zero-order chi connectivity index (χ0) is 14.2. The molecule has 0 unspecified atom stereocenters. The lowest BCUT2D eigenvalue weighted by molar-refractivity contribution is 0.227. The standard InChI is InChI=1S/C11H19ClN4O2S/c1-8(13)9-5-3-4-6-16(9)19(17,18)10-7-15(2)11(12)14-10/h7-9H,3-6,13H2,1-2H3/t8-,9-/m0/s1. The van der Waals surface area contributed by atoms with Crippen molar-refractivity contribution in [3.05, 3.63) is 11.5 Å². The summed E-state index contributed by atoms with van der Waals surface area (Å²) in [5.41, 5.74) is 5.91. The molecule has 8 heteroatoms. The summed E-state index contributed by atoms with van der Waals surface area (Å²) in [5, 5.41) is 0.153. The van der Waals surface area contributed by atoms with Gasteiger partial charge in [-0.05, 0) is 31.4 Å². The Labute approximate surface area is 118 Å². The van der Waals surface area contributed by atoms with Crippen molar-refractivity contribution in [3.8, 4) is 0 Å². The van der Waals surface area contributed by atoms with Gasteiger partial charge in [0.15, 0.2) is 5.03 Å². The van der Waals surface area contributed by atoms with Crippen LogP contribution in [0.5, 0.6) is 0 Å². The predicted molar refractivity (Wildman–Crippen MR) is 73.4 cm³/mol. The second kappa shape index (κ2) is 5.40. The molecular weight excluding hydrogens is 288 g/mol. The smallest absolute Gasteiger partial charge is 0.262 e. The van der Waals surface area contributed by atoms with Gasteiger partial charge >= 0.3 is 0 Å².